The number of thiazole rings is 1. The molecule has 102 valence electrons. The minimum Gasteiger partial charge on any atom is -0.312 e. The molecule has 18 heavy (non-hydrogen) atoms. The van der Waals surface area contributed by atoms with Crippen molar-refractivity contribution in [3.05, 3.63) is 16.1 Å². The molecule has 1 aromatic rings. The van der Waals surface area contributed by atoms with E-state index in [1.807, 2.05) is 5.51 Å². The van der Waals surface area contributed by atoms with Crippen molar-refractivity contribution in [1.29, 1.82) is 0 Å². The predicted octanol–water partition coefficient (Wildman–Crippen LogP) is 2.66. The molecular formula is C14H25N3S. The summed E-state index contributed by atoms with van der Waals surface area (Å²) in [5, 5.41) is 3.69. The molecule has 0 aromatic carbocycles. The maximum Gasteiger partial charge on any atom is 0.0798 e. The minimum absolute atomic E-state index is 0.325. The zero-order chi connectivity index (χ0) is 13.2. The molecule has 0 radical (unpaired) electrons. The van der Waals surface area contributed by atoms with Crippen LogP contribution in [-0.2, 0) is 6.54 Å². The standard InChI is InChI=1S/C14H25N3S/c1-11-12(18-10-16-11)8-17-7-5-6-15-13(9-17)14(2,3)4/h10,13,15H,5-9H2,1-4H3. The van der Waals surface area contributed by atoms with Crippen LogP contribution in [0, 0.1) is 12.3 Å². The van der Waals surface area contributed by atoms with E-state index in [2.05, 4.69) is 42.9 Å². The highest BCUT2D eigenvalue weighted by atomic mass is 32.1. The second-order valence-electron chi connectivity index (χ2n) is 6.32. The van der Waals surface area contributed by atoms with Gasteiger partial charge in [-0.2, -0.15) is 0 Å². The van der Waals surface area contributed by atoms with Crippen molar-refractivity contribution in [3.8, 4) is 0 Å². The van der Waals surface area contributed by atoms with Gasteiger partial charge in [-0.15, -0.1) is 11.3 Å². The van der Waals surface area contributed by atoms with Crippen LogP contribution in [0.15, 0.2) is 5.51 Å². The molecule has 0 bridgehead atoms. The van der Waals surface area contributed by atoms with E-state index in [1.165, 1.54) is 23.5 Å². The summed E-state index contributed by atoms with van der Waals surface area (Å²) < 4.78 is 0. The topological polar surface area (TPSA) is 28.2 Å². The first kappa shape index (κ1) is 14.0. The van der Waals surface area contributed by atoms with Gasteiger partial charge in [0.15, 0.2) is 0 Å². The Balaban J connectivity index is 2.01. The Hall–Kier alpha value is -0.450. The molecule has 1 saturated heterocycles. The first-order valence-electron chi connectivity index (χ1n) is 6.81. The highest BCUT2D eigenvalue weighted by Crippen LogP contribution is 2.23. The zero-order valence-electron chi connectivity index (χ0n) is 12.0. The SMILES string of the molecule is Cc1ncsc1CN1CCCNC(C(C)(C)C)C1. The lowest BCUT2D eigenvalue weighted by Crippen LogP contribution is -2.46. The van der Waals surface area contributed by atoms with Crippen molar-refractivity contribution < 1.29 is 0 Å². The van der Waals surface area contributed by atoms with Crippen LogP contribution in [0.2, 0.25) is 0 Å². The van der Waals surface area contributed by atoms with Gasteiger partial charge in [-0.3, -0.25) is 4.90 Å². The van der Waals surface area contributed by atoms with Crippen molar-refractivity contribution >= 4 is 11.3 Å². The third-order valence-electron chi connectivity index (χ3n) is 3.74. The van der Waals surface area contributed by atoms with Gasteiger partial charge in [0.1, 0.15) is 0 Å². The summed E-state index contributed by atoms with van der Waals surface area (Å²) in [7, 11) is 0. The van der Waals surface area contributed by atoms with Crippen molar-refractivity contribution in [2.24, 2.45) is 5.41 Å². The highest BCUT2D eigenvalue weighted by Gasteiger charge is 2.28. The summed E-state index contributed by atoms with van der Waals surface area (Å²) in [6, 6.07) is 0.577. The minimum atomic E-state index is 0.325. The van der Waals surface area contributed by atoms with Crippen LogP contribution in [0.4, 0.5) is 0 Å². The molecular weight excluding hydrogens is 242 g/mol. The molecule has 3 nitrogen and oxygen atoms in total. The van der Waals surface area contributed by atoms with Crippen LogP contribution in [0.1, 0.15) is 37.8 Å². The predicted molar refractivity (Wildman–Crippen MR) is 78.0 cm³/mol. The van der Waals surface area contributed by atoms with Crippen LogP contribution in [-0.4, -0.2) is 35.6 Å². The van der Waals surface area contributed by atoms with E-state index >= 15 is 0 Å². The largest absolute Gasteiger partial charge is 0.312 e. The van der Waals surface area contributed by atoms with Gasteiger partial charge in [0, 0.05) is 24.0 Å². The van der Waals surface area contributed by atoms with Crippen molar-refractivity contribution in [2.75, 3.05) is 19.6 Å². The van der Waals surface area contributed by atoms with Crippen molar-refractivity contribution in [3.63, 3.8) is 0 Å². The van der Waals surface area contributed by atoms with Crippen LogP contribution in [0.3, 0.4) is 0 Å². The fourth-order valence-electron chi connectivity index (χ4n) is 2.40. The van der Waals surface area contributed by atoms with Gasteiger partial charge in [0.25, 0.3) is 0 Å². The molecule has 0 aliphatic carbocycles. The van der Waals surface area contributed by atoms with Crippen molar-refractivity contribution in [1.82, 2.24) is 15.2 Å². The summed E-state index contributed by atoms with van der Waals surface area (Å²) in [4.78, 5) is 8.35. The Morgan fingerprint density at radius 2 is 2.28 bits per heavy atom. The molecule has 2 rings (SSSR count). The van der Waals surface area contributed by atoms with Crippen LogP contribution < -0.4 is 5.32 Å². The Bertz CT molecular complexity index is 381. The first-order valence-corrected chi connectivity index (χ1v) is 7.69. The van der Waals surface area contributed by atoms with E-state index in [9.17, 15) is 0 Å². The third kappa shape index (κ3) is 3.53. The van der Waals surface area contributed by atoms with Crippen molar-refractivity contribution in [2.45, 2.75) is 46.7 Å². The Morgan fingerprint density at radius 1 is 1.50 bits per heavy atom. The van der Waals surface area contributed by atoms with E-state index in [0.717, 1.165) is 19.6 Å². The smallest absolute Gasteiger partial charge is 0.0798 e. The number of nitrogens with zero attached hydrogens (tertiary/aromatic N) is 2. The quantitative estimate of drug-likeness (QED) is 0.893. The monoisotopic (exact) mass is 267 g/mol. The third-order valence-corrected chi connectivity index (χ3v) is 4.66. The maximum absolute atomic E-state index is 4.35. The van der Waals surface area contributed by atoms with Crippen LogP contribution >= 0.6 is 11.3 Å². The molecule has 1 unspecified atom stereocenters. The first-order chi connectivity index (χ1) is 8.47. The highest BCUT2D eigenvalue weighted by molar-refractivity contribution is 7.09. The zero-order valence-corrected chi connectivity index (χ0v) is 12.8. The fraction of sp³-hybridized carbons (Fsp3) is 0.786. The molecule has 0 saturated carbocycles. The summed E-state index contributed by atoms with van der Waals surface area (Å²) in [5.41, 5.74) is 3.48. The number of rotatable bonds is 2. The van der Waals surface area contributed by atoms with Gasteiger partial charge < -0.3 is 5.32 Å². The molecule has 0 amide bonds. The molecule has 1 atom stereocenters. The average molecular weight is 267 g/mol. The number of hydrogen-bond acceptors (Lipinski definition) is 4. The Kier molecular flexibility index (Phi) is 4.41. The lowest BCUT2D eigenvalue weighted by Gasteiger charge is -2.33. The summed E-state index contributed by atoms with van der Waals surface area (Å²) in [5.74, 6) is 0. The molecule has 0 spiro atoms. The second-order valence-corrected chi connectivity index (χ2v) is 7.26. The normalized spacial score (nSPS) is 23.0. The van der Waals surface area contributed by atoms with E-state index in [1.54, 1.807) is 11.3 Å². The summed E-state index contributed by atoms with van der Waals surface area (Å²) in [6.45, 7) is 13.6. The van der Waals surface area contributed by atoms with Crippen LogP contribution in [0.25, 0.3) is 0 Å². The van der Waals surface area contributed by atoms with Gasteiger partial charge >= 0.3 is 0 Å². The number of nitrogens with one attached hydrogen (secondary N) is 1. The summed E-state index contributed by atoms with van der Waals surface area (Å²) in [6.07, 6.45) is 1.24. The Morgan fingerprint density at radius 3 is 2.89 bits per heavy atom. The average Bonchev–Trinajstić information content (AvgIpc) is 2.54. The number of aromatic nitrogens is 1. The van der Waals surface area contributed by atoms with E-state index in [0.29, 0.717) is 11.5 Å². The molecule has 1 aliphatic heterocycles. The van der Waals surface area contributed by atoms with E-state index in [-0.39, 0.29) is 0 Å². The van der Waals surface area contributed by atoms with Gasteiger partial charge in [0.2, 0.25) is 0 Å². The molecule has 1 fully saturated rings. The van der Waals surface area contributed by atoms with E-state index < -0.39 is 0 Å². The maximum atomic E-state index is 4.35. The molecule has 1 aliphatic rings. The number of hydrogen-bond donors (Lipinski definition) is 1. The second kappa shape index (κ2) is 5.68. The molecule has 4 heteroatoms. The van der Waals surface area contributed by atoms with Crippen LogP contribution in [0.5, 0.6) is 0 Å². The molecule has 2 heterocycles. The number of aryl methyl sites for hydroxylation is 1. The summed E-state index contributed by atoms with van der Waals surface area (Å²) >= 11 is 1.79. The molecule has 1 aromatic heterocycles. The fourth-order valence-corrected chi connectivity index (χ4v) is 3.22. The van der Waals surface area contributed by atoms with Gasteiger partial charge in [-0.05, 0) is 31.8 Å². The van der Waals surface area contributed by atoms with Gasteiger partial charge in [-0.25, -0.2) is 4.98 Å². The lowest BCUT2D eigenvalue weighted by atomic mass is 9.86. The van der Waals surface area contributed by atoms with Gasteiger partial charge in [-0.1, -0.05) is 20.8 Å². The Labute approximate surface area is 115 Å². The molecule has 1 N–H and O–H groups in total. The van der Waals surface area contributed by atoms with E-state index in [4.69, 9.17) is 0 Å². The lowest BCUT2D eigenvalue weighted by molar-refractivity contribution is 0.193. The van der Waals surface area contributed by atoms with Gasteiger partial charge in [0.05, 0.1) is 11.2 Å².